The first-order chi connectivity index (χ1) is 7.68. The van der Waals surface area contributed by atoms with Crippen LogP contribution in [0.1, 0.15) is 41.0 Å². The quantitative estimate of drug-likeness (QED) is 0.784. The highest BCUT2D eigenvalue weighted by Crippen LogP contribution is 2.20. The van der Waals surface area contributed by atoms with Gasteiger partial charge in [0.05, 0.1) is 5.70 Å². The molecule has 1 amide bonds. The minimum absolute atomic E-state index is 0.00161. The standard InChI is InChI=1S/C14H22N2O/c1-13(2,3)8-12(17)16-11-6-7-14(4,5)10-15-9-11/h6-7,9-10H,8H2,1-5H3,(H,16,17). The first-order valence-corrected chi connectivity index (χ1v) is 5.92. The Hall–Kier alpha value is -1.38. The molecule has 0 atom stereocenters. The summed E-state index contributed by atoms with van der Waals surface area (Å²) in [6.45, 7) is 10.3. The van der Waals surface area contributed by atoms with Gasteiger partial charge >= 0.3 is 0 Å². The molecule has 94 valence electrons. The van der Waals surface area contributed by atoms with Crippen LogP contribution in [-0.2, 0) is 4.79 Å². The molecule has 0 spiro atoms. The van der Waals surface area contributed by atoms with Gasteiger partial charge in [0, 0.05) is 24.3 Å². The summed E-state index contributed by atoms with van der Waals surface area (Å²) < 4.78 is 0. The van der Waals surface area contributed by atoms with Crippen LogP contribution in [0.25, 0.3) is 0 Å². The lowest BCUT2D eigenvalue weighted by Crippen LogP contribution is -2.26. The van der Waals surface area contributed by atoms with Gasteiger partial charge in [-0.05, 0) is 11.5 Å². The minimum atomic E-state index is -0.0625. The molecule has 1 aliphatic heterocycles. The highest BCUT2D eigenvalue weighted by atomic mass is 16.1. The molecular weight excluding hydrogens is 212 g/mol. The van der Waals surface area contributed by atoms with Crippen molar-refractivity contribution >= 4 is 12.1 Å². The molecule has 0 aromatic carbocycles. The number of aliphatic imine (C=N–C) groups is 1. The Morgan fingerprint density at radius 3 is 2.65 bits per heavy atom. The average molecular weight is 234 g/mol. The van der Waals surface area contributed by atoms with Crippen molar-refractivity contribution in [2.75, 3.05) is 0 Å². The fourth-order valence-corrected chi connectivity index (χ4v) is 1.46. The minimum Gasteiger partial charge on any atom is -0.325 e. The molecule has 3 nitrogen and oxygen atoms in total. The van der Waals surface area contributed by atoms with Gasteiger partial charge in [0.2, 0.25) is 5.91 Å². The van der Waals surface area contributed by atoms with Gasteiger partial charge in [-0.3, -0.25) is 9.79 Å². The van der Waals surface area contributed by atoms with Gasteiger partial charge in [0.1, 0.15) is 0 Å². The largest absolute Gasteiger partial charge is 0.325 e. The molecule has 1 heterocycles. The van der Waals surface area contributed by atoms with Gasteiger partial charge in [0.25, 0.3) is 0 Å². The van der Waals surface area contributed by atoms with E-state index in [4.69, 9.17) is 0 Å². The van der Waals surface area contributed by atoms with Crippen molar-refractivity contribution in [1.29, 1.82) is 0 Å². The molecule has 0 unspecified atom stereocenters. The Bertz CT molecular complexity index is 382. The van der Waals surface area contributed by atoms with E-state index in [1.165, 1.54) is 0 Å². The maximum atomic E-state index is 11.8. The Morgan fingerprint density at radius 2 is 2.06 bits per heavy atom. The molecule has 3 heteroatoms. The van der Waals surface area contributed by atoms with Crippen LogP contribution < -0.4 is 5.32 Å². The fourth-order valence-electron chi connectivity index (χ4n) is 1.46. The number of amides is 1. The molecule has 0 radical (unpaired) electrons. The van der Waals surface area contributed by atoms with Crippen molar-refractivity contribution in [2.45, 2.75) is 41.0 Å². The van der Waals surface area contributed by atoms with E-state index < -0.39 is 0 Å². The molecule has 0 aliphatic carbocycles. The lowest BCUT2D eigenvalue weighted by molar-refractivity contribution is -0.122. The fraction of sp³-hybridized carbons (Fsp3) is 0.571. The molecule has 17 heavy (non-hydrogen) atoms. The third-order valence-electron chi connectivity index (χ3n) is 2.29. The van der Waals surface area contributed by atoms with Gasteiger partial charge in [0.15, 0.2) is 0 Å². The molecule has 0 saturated heterocycles. The maximum absolute atomic E-state index is 11.8. The van der Waals surface area contributed by atoms with E-state index in [1.807, 2.05) is 39.1 Å². The number of nitrogens with one attached hydrogen (secondary N) is 1. The Kier molecular flexibility index (Phi) is 3.91. The van der Waals surface area contributed by atoms with E-state index in [0.29, 0.717) is 6.42 Å². The normalized spacial score (nSPS) is 18.5. The van der Waals surface area contributed by atoms with Crippen molar-refractivity contribution < 1.29 is 4.79 Å². The summed E-state index contributed by atoms with van der Waals surface area (Å²) in [5.74, 6) is 0.0308. The highest BCUT2D eigenvalue weighted by Gasteiger charge is 2.17. The summed E-state index contributed by atoms with van der Waals surface area (Å²) in [7, 11) is 0. The SMILES string of the molecule is CC1(C)C=CC(NC(=O)CC(C)(C)C)=CN=C1. The first-order valence-electron chi connectivity index (χ1n) is 5.92. The van der Waals surface area contributed by atoms with Crippen LogP contribution in [0.2, 0.25) is 0 Å². The zero-order valence-electron chi connectivity index (χ0n) is 11.4. The van der Waals surface area contributed by atoms with Crippen LogP contribution in [0.5, 0.6) is 0 Å². The molecule has 0 fully saturated rings. The lowest BCUT2D eigenvalue weighted by Gasteiger charge is -2.17. The van der Waals surface area contributed by atoms with Crippen LogP contribution in [-0.4, -0.2) is 12.1 Å². The average Bonchev–Trinajstić information content (AvgIpc) is 2.24. The van der Waals surface area contributed by atoms with Gasteiger partial charge in [-0.2, -0.15) is 0 Å². The summed E-state index contributed by atoms with van der Waals surface area (Å²) in [6.07, 6.45) is 8.00. The van der Waals surface area contributed by atoms with Crippen LogP contribution in [0, 0.1) is 10.8 Å². The monoisotopic (exact) mass is 234 g/mol. The van der Waals surface area contributed by atoms with Crippen molar-refractivity contribution in [3.63, 3.8) is 0 Å². The maximum Gasteiger partial charge on any atom is 0.224 e. The van der Waals surface area contributed by atoms with Crippen LogP contribution in [0.4, 0.5) is 0 Å². The van der Waals surface area contributed by atoms with E-state index in [9.17, 15) is 4.79 Å². The third kappa shape index (κ3) is 5.48. The van der Waals surface area contributed by atoms with Crippen LogP contribution in [0.15, 0.2) is 29.0 Å². The summed E-state index contributed by atoms with van der Waals surface area (Å²) >= 11 is 0. The van der Waals surface area contributed by atoms with Gasteiger partial charge < -0.3 is 5.32 Å². The summed E-state index contributed by atoms with van der Waals surface area (Å²) in [4.78, 5) is 16.0. The number of carbonyl (C=O) groups excluding carboxylic acids is 1. The van der Waals surface area contributed by atoms with E-state index >= 15 is 0 Å². The zero-order chi connectivity index (χ0) is 13.1. The summed E-state index contributed by atoms with van der Waals surface area (Å²) in [5.41, 5.74) is 0.690. The smallest absolute Gasteiger partial charge is 0.224 e. The predicted molar refractivity (Wildman–Crippen MR) is 71.7 cm³/mol. The van der Waals surface area contributed by atoms with Crippen LogP contribution >= 0.6 is 0 Å². The van der Waals surface area contributed by atoms with E-state index in [1.54, 1.807) is 6.20 Å². The molecule has 0 saturated carbocycles. The van der Waals surface area contributed by atoms with Gasteiger partial charge in [-0.25, -0.2) is 0 Å². The van der Waals surface area contributed by atoms with Crippen molar-refractivity contribution in [1.82, 2.24) is 5.32 Å². The number of hydrogen-bond acceptors (Lipinski definition) is 2. The van der Waals surface area contributed by atoms with Gasteiger partial charge in [-0.15, -0.1) is 0 Å². The molecule has 1 N–H and O–H groups in total. The molecule has 1 aliphatic rings. The van der Waals surface area contributed by atoms with Crippen molar-refractivity contribution in [2.24, 2.45) is 15.8 Å². The van der Waals surface area contributed by atoms with E-state index in [-0.39, 0.29) is 16.7 Å². The second kappa shape index (κ2) is 4.86. The third-order valence-corrected chi connectivity index (χ3v) is 2.29. The molecule has 0 aromatic rings. The highest BCUT2D eigenvalue weighted by molar-refractivity contribution is 5.79. The summed E-state index contributed by atoms with van der Waals surface area (Å²) in [6, 6.07) is 0. The molecule has 0 aromatic heterocycles. The molecule has 1 rings (SSSR count). The van der Waals surface area contributed by atoms with Crippen molar-refractivity contribution in [3.05, 3.63) is 24.0 Å². The number of rotatable bonds is 2. The first kappa shape index (κ1) is 13.7. The second-order valence-electron chi connectivity index (χ2n) is 6.30. The number of hydrogen-bond donors (Lipinski definition) is 1. The molecule has 0 bridgehead atoms. The number of nitrogens with zero attached hydrogens (tertiary/aromatic N) is 1. The zero-order valence-corrected chi connectivity index (χ0v) is 11.4. The number of allylic oxidation sites excluding steroid dienone is 2. The second-order valence-corrected chi connectivity index (χ2v) is 6.30. The molecular formula is C14H22N2O. The Balaban J connectivity index is 2.63. The van der Waals surface area contributed by atoms with E-state index in [0.717, 1.165) is 5.70 Å². The van der Waals surface area contributed by atoms with Crippen molar-refractivity contribution in [3.8, 4) is 0 Å². The summed E-state index contributed by atoms with van der Waals surface area (Å²) in [5, 5.41) is 2.87. The van der Waals surface area contributed by atoms with Gasteiger partial charge in [-0.1, -0.05) is 40.7 Å². The Morgan fingerprint density at radius 1 is 1.41 bits per heavy atom. The number of carbonyl (C=O) groups is 1. The topological polar surface area (TPSA) is 41.5 Å². The lowest BCUT2D eigenvalue weighted by atomic mass is 9.92. The predicted octanol–water partition coefficient (Wildman–Crippen LogP) is 3.05. The van der Waals surface area contributed by atoms with E-state index in [2.05, 4.69) is 24.2 Å². The van der Waals surface area contributed by atoms with Crippen LogP contribution in [0.3, 0.4) is 0 Å². The Labute approximate surface area is 104 Å².